The average Bonchev–Trinajstić information content (AvgIpc) is 2.47. The Morgan fingerprint density at radius 3 is 2.57 bits per heavy atom. The van der Waals surface area contributed by atoms with Gasteiger partial charge in [-0.2, -0.15) is 0 Å². The molecule has 0 saturated carbocycles. The summed E-state index contributed by atoms with van der Waals surface area (Å²) < 4.78 is 18.7. The first-order valence-electron chi connectivity index (χ1n) is 7.16. The van der Waals surface area contributed by atoms with Crippen molar-refractivity contribution in [3.8, 4) is 5.75 Å². The molecule has 0 saturated heterocycles. The topological polar surface area (TPSA) is 34.1 Å². The van der Waals surface area contributed by atoms with Crippen LogP contribution in [0.4, 0.5) is 10.1 Å². The van der Waals surface area contributed by atoms with Crippen molar-refractivity contribution in [3.05, 3.63) is 54.1 Å². The molecule has 0 spiro atoms. The SMILES string of the molecule is CC(C)COc1ccccc1NC(C)c1ccc(F)cn1. The molecule has 0 fully saturated rings. The molecule has 1 unspecified atom stereocenters. The number of pyridine rings is 1. The average molecular weight is 288 g/mol. The van der Waals surface area contributed by atoms with Gasteiger partial charge in [0.2, 0.25) is 0 Å². The minimum atomic E-state index is -0.327. The Morgan fingerprint density at radius 2 is 1.90 bits per heavy atom. The van der Waals surface area contributed by atoms with Gasteiger partial charge in [0.25, 0.3) is 0 Å². The van der Waals surface area contributed by atoms with E-state index in [1.165, 1.54) is 12.3 Å². The van der Waals surface area contributed by atoms with Gasteiger partial charge in [0.05, 0.1) is 30.2 Å². The van der Waals surface area contributed by atoms with Crippen molar-refractivity contribution in [3.63, 3.8) is 0 Å². The second-order valence-corrected chi connectivity index (χ2v) is 5.47. The number of anilines is 1. The van der Waals surface area contributed by atoms with Crippen LogP contribution in [0.25, 0.3) is 0 Å². The van der Waals surface area contributed by atoms with Crippen molar-refractivity contribution in [2.24, 2.45) is 5.92 Å². The first-order valence-corrected chi connectivity index (χ1v) is 7.16. The molecule has 1 aromatic carbocycles. The molecule has 0 aliphatic carbocycles. The number of nitrogens with zero attached hydrogens (tertiary/aromatic N) is 1. The summed E-state index contributed by atoms with van der Waals surface area (Å²) in [5.41, 5.74) is 1.70. The summed E-state index contributed by atoms with van der Waals surface area (Å²) in [5, 5.41) is 3.36. The van der Waals surface area contributed by atoms with E-state index in [1.54, 1.807) is 6.07 Å². The number of benzene rings is 1. The Kier molecular flexibility index (Phi) is 5.14. The lowest BCUT2D eigenvalue weighted by atomic mass is 10.2. The van der Waals surface area contributed by atoms with Crippen molar-refractivity contribution < 1.29 is 9.13 Å². The molecule has 3 nitrogen and oxygen atoms in total. The third-order valence-corrected chi connectivity index (χ3v) is 3.03. The number of aromatic nitrogens is 1. The molecule has 1 aromatic heterocycles. The van der Waals surface area contributed by atoms with Gasteiger partial charge in [-0.05, 0) is 37.1 Å². The van der Waals surface area contributed by atoms with Crippen molar-refractivity contribution in [2.45, 2.75) is 26.8 Å². The first kappa shape index (κ1) is 15.3. The van der Waals surface area contributed by atoms with Gasteiger partial charge in [-0.15, -0.1) is 0 Å². The van der Waals surface area contributed by atoms with E-state index in [4.69, 9.17) is 4.74 Å². The van der Waals surface area contributed by atoms with E-state index >= 15 is 0 Å². The number of halogens is 1. The highest BCUT2D eigenvalue weighted by Gasteiger charge is 2.10. The third kappa shape index (κ3) is 4.45. The van der Waals surface area contributed by atoms with Crippen LogP contribution in [-0.2, 0) is 0 Å². The lowest BCUT2D eigenvalue weighted by Gasteiger charge is -2.18. The standard InChI is InChI=1S/C17H21FN2O/c1-12(2)11-21-17-7-5-4-6-16(17)20-13(3)15-9-8-14(18)10-19-15/h4-10,12-13,20H,11H2,1-3H3. The van der Waals surface area contributed by atoms with Crippen LogP contribution in [0.3, 0.4) is 0 Å². The maximum absolute atomic E-state index is 12.9. The minimum Gasteiger partial charge on any atom is -0.491 e. The maximum Gasteiger partial charge on any atom is 0.142 e. The molecule has 0 amide bonds. The zero-order valence-corrected chi connectivity index (χ0v) is 12.6. The Balaban J connectivity index is 2.09. The van der Waals surface area contributed by atoms with Gasteiger partial charge in [0.15, 0.2) is 0 Å². The Labute approximate surface area is 125 Å². The Bertz CT molecular complexity index is 569. The number of rotatable bonds is 6. The van der Waals surface area contributed by atoms with Crippen LogP contribution in [0.2, 0.25) is 0 Å². The summed E-state index contributed by atoms with van der Waals surface area (Å²) in [4.78, 5) is 4.10. The monoisotopic (exact) mass is 288 g/mol. The van der Waals surface area contributed by atoms with Crippen LogP contribution in [0.1, 0.15) is 32.5 Å². The number of nitrogens with one attached hydrogen (secondary N) is 1. The molecule has 2 rings (SSSR count). The molecular weight excluding hydrogens is 267 g/mol. The van der Waals surface area contributed by atoms with E-state index in [0.29, 0.717) is 12.5 Å². The molecule has 4 heteroatoms. The predicted molar refractivity (Wildman–Crippen MR) is 83.0 cm³/mol. The highest BCUT2D eigenvalue weighted by atomic mass is 19.1. The van der Waals surface area contributed by atoms with Gasteiger partial charge in [-0.25, -0.2) is 4.39 Å². The third-order valence-electron chi connectivity index (χ3n) is 3.03. The zero-order chi connectivity index (χ0) is 15.2. The van der Waals surface area contributed by atoms with Gasteiger partial charge in [-0.3, -0.25) is 4.98 Å². The summed E-state index contributed by atoms with van der Waals surface area (Å²) in [6.07, 6.45) is 1.23. The lowest BCUT2D eigenvalue weighted by Crippen LogP contribution is -2.11. The van der Waals surface area contributed by atoms with Gasteiger partial charge >= 0.3 is 0 Å². The molecule has 0 bridgehead atoms. The summed E-state index contributed by atoms with van der Waals surface area (Å²) in [6, 6.07) is 10.9. The predicted octanol–water partition coefficient (Wildman–Crippen LogP) is 4.43. The summed E-state index contributed by atoms with van der Waals surface area (Å²) in [7, 11) is 0. The molecule has 1 atom stereocenters. The largest absolute Gasteiger partial charge is 0.491 e. The molecule has 21 heavy (non-hydrogen) atoms. The zero-order valence-electron chi connectivity index (χ0n) is 12.6. The van der Waals surface area contributed by atoms with Gasteiger partial charge < -0.3 is 10.1 Å². The van der Waals surface area contributed by atoms with Crippen molar-refractivity contribution in [2.75, 3.05) is 11.9 Å². The molecule has 1 N–H and O–H groups in total. The van der Waals surface area contributed by atoms with Crippen molar-refractivity contribution >= 4 is 5.69 Å². The van der Waals surface area contributed by atoms with Crippen molar-refractivity contribution in [1.29, 1.82) is 0 Å². The number of para-hydroxylation sites is 2. The summed E-state index contributed by atoms with van der Waals surface area (Å²) in [6.45, 7) is 6.88. The Hall–Kier alpha value is -2.10. The highest BCUT2D eigenvalue weighted by Crippen LogP contribution is 2.27. The van der Waals surface area contributed by atoms with E-state index in [2.05, 4.69) is 24.1 Å². The molecule has 0 aliphatic heterocycles. The molecule has 112 valence electrons. The lowest BCUT2D eigenvalue weighted by molar-refractivity contribution is 0.272. The van der Waals surface area contributed by atoms with Crippen LogP contribution >= 0.6 is 0 Å². The number of hydrogen-bond donors (Lipinski definition) is 1. The smallest absolute Gasteiger partial charge is 0.142 e. The Morgan fingerprint density at radius 1 is 1.14 bits per heavy atom. The summed E-state index contributed by atoms with van der Waals surface area (Å²) in [5.74, 6) is 0.959. The van der Waals surface area contributed by atoms with Crippen LogP contribution in [0.15, 0.2) is 42.6 Å². The normalized spacial score (nSPS) is 12.2. The second kappa shape index (κ2) is 7.07. The van der Waals surface area contributed by atoms with Gasteiger partial charge in [0.1, 0.15) is 11.6 Å². The number of hydrogen-bond acceptors (Lipinski definition) is 3. The van der Waals surface area contributed by atoms with Crippen LogP contribution < -0.4 is 10.1 Å². The van der Waals surface area contributed by atoms with Crippen molar-refractivity contribution in [1.82, 2.24) is 4.98 Å². The van der Waals surface area contributed by atoms with E-state index in [-0.39, 0.29) is 11.9 Å². The fourth-order valence-electron chi connectivity index (χ4n) is 1.92. The van der Waals surface area contributed by atoms with E-state index in [0.717, 1.165) is 17.1 Å². The highest BCUT2D eigenvalue weighted by molar-refractivity contribution is 5.57. The quantitative estimate of drug-likeness (QED) is 0.854. The molecule has 0 aliphatic rings. The van der Waals surface area contributed by atoms with E-state index in [9.17, 15) is 4.39 Å². The number of ether oxygens (including phenoxy) is 1. The minimum absolute atomic E-state index is 0.0330. The van der Waals surface area contributed by atoms with E-state index in [1.807, 2.05) is 31.2 Å². The second-order valence-electron chi connectivity index (χ2n) is 5.47. The van der Waals surface area contributed by atoms with Crippen LogP contribution in [0.5, 0.6) is 5.75 Å². The molecule has 0 radical (unpaired) electrons. The van der Waals surface area contributed by atoms with Crippen LogP contribution in [-0.4, -0.2) is 11.6 Å². The maximum atomic E-state index is 12.9. The fraction of sp³-hybridized carbons (Fsp3) is 0.353. The molecular formula is C17H21FN2O. The van der Waals surface area contributed by atoms with E-state index < -0.39 is 0 Å². The fourth-order valence-corrected chi connectivity index (χ4v) is 1.92. The molecule has 2 aromatic rings. The summed E-state index contributed by atoms with van der Waals surface area (Å²) >= 11 is 0. The molecule has 1 heterocycles. The van der Waals surface area contributed by atoms with Gasteiger partial charge in [0, 0.05) is 0 Å². The van der Waals surface area contributed by atoms with Crippen LogP contribution in [0, 0.1) is 11.7 Å². The first-order chi connectivity index (χ1) is 10.1. The van der Waals surface area contributed by atoms with Gasteiger partial charge in [-0.1, -0.05) is 26.0 Å².